The van der Waals surface area contributed by atoms with Crippen LogP contribution in [-0.2, 0) is 4.79 Å². The summed E-state index contributed by atoms with van der Waals surface area (Å²) in [6, 6.07) is 8.40. The van der Waals surface area contributed by atoms with Gasteiger partial charge in [-0.25, -0.2) is 9.07 Å². The molecule has 1 N–H and O–H groups in total. The molecule has 3 aromatic rings. The number of halogens is 1. The molecule has 1 unspecified atom stereocenters. The molecule has 1 aromatic carbocycles. The van der Waals surface area contributed by atoms with Crippen LogP contribution < -0.4 is 5.32 Å². The summed E-state index contributed by atoms with van der Waals surface area (Å²) in [7, 11) is 0. The Kier molecular flexibility index (Phi) is 5.98. The van der Waals surface area contributed by atoms with Crippen molar-refractivity contribution >= 4 is 11.7 Å². The second kappa shape index (κ2) is 9.20. The quantitative estimate of drug-likeness (QED) is 0.626. The molecule has 2 aliphatic rings. The largest absolute Gasteiger partial charge is 0.339 e. The average Bonchev–Trinajstić information content (AvgIpc) is 3.55. The maximum absolute atomic E-state index is 13.5. The Hall–Kier alpha value is -3.07. The highest BCUT2D eigenvalue weighted by molar-refractivity contribution is 5.91. The maximum Gasteiger partial charge on any atom is 0.239 e. The minimum atomic E-state index is -0.335. The van der Waals surface area contributed by atoms with Crippen molar-refractivity contribution in [3.05, 3.63) is 48.2 Å². The van der Waals surface area contributed by atoms with Crippen LogP contribution in [-0.4, -0.2) is 50.4 Å². The number of amides is 1. The number of hydrogen-bond donors (Lipinski definition) is 1. The van der Waals surface area contributed by atoms with Gasteiger partial charge in [0.25, 0.3) is 0 Å². The lowest BCUT2D eigenvalue weighted by molar-refractivity contribution is -0.117. The van der Waals surface area contributed by atoms with E-state index in [4.69, 9.17) is 4.52 Å². The van der Waals surface area contributed by atoms with E-state index in [0.717, 1.165) is 38.0 Å². The van der Waals surface area contributed by atoms with Crippen LogP contribution in [0.1, 0.15) is 56.4 Å². The molecule has 2 fully saturated rings. The van der Waals surface area contributed by atoms with Crippen molar-refractivity contribution < 1.29 is 13.7 Å². The lowest BCUT2D eigenvalue weighted by Gasteiger charge is -2.30. The Labute approximate surface area is 185 Å². The lowest BCUT2D eigenvalue weighted by atomic mass is 9.98. The Bertz CT molecular complexity index is 1070. The summed E-state index contributed by atoms with van der Waals surface area (Å²) in [5.41, 5.74) is 0.589. The number of carbonyl (C=O) groups excluding carboxylic acids is 1. The molecule has 1 aliphatic carbocycles. The molecule has 32 heavy (non-hydrogen) atoms. The second-order valence-corrected chi connectivity index (χ2v) is 8.69. The molecule has 8 nitrogen and oxygen atoms in total. The molecular formula is C23H27FN6O2. The molecule has 1 amide bonds. The van der Waals surface area contributed by atoms with Crippen LogP contribution in [0.3, 0.4) is 0 Å². The van der Waals surface area contributed by atoms with Gasteiger partial charge in [0, 0.05) is 18.2 Å². The predicted molar refractivity (Wildman–Crippen MR) is 116 cm³/mol. The van der Waals surface area contributed by atoms with E-state index in [0.29, 0.717) is 36.4 Å². The van der Waals surface area contributed by atoms with Crippen LogP contribution in [0.5, 0.6) is 0 Å². The molecule has 9 heteroatoms. The molecule has 0 radical (unpaired) electrons. The first-order chi connectivity index (χ1) is 15.7. The van der Waals surface area contributed by atoms with Gasteiger partial charge >= 0.3 is 0 Å². The maximum atomic E-state index is 13.5. The fourth-order valence-electron chi connectivity index (χ4n) is 4.79. The first-order valence-corrected chi connectivity index (χ1v) is 11.3. The summed E-state index contributed by atoms with van der Waals surface area (Å²) < 4.78 is 20.9. The fraction of sp³-hybridized carbons (Fsp3) is 0.478. The van der Waals surface area contributed by atoms with Crippen molar-refractivity contribution in [3.63, 3.8) is 0 Å². The highest BCUT2D eigenvalue weighted by atomic mass is 19.1. The van der Waals surface area contributed by atoms with Crippen molar-refractivity contribution in [1.82, 2.24) is 24.8 Å². The summed E-state index contributed by atoms with van der Waals surface area (Å²) in [4.78, 5) is 19.3. The molecule has 5 rings (SSSR count). The number of nitrogens with zero attached hydrogens (tertiary/aromatic N) is 5. The van der Waals surface area contributed by atoms with E-state index < -0.39 is 0 Å². The Morgan fingerprint density at radius 2 is 2.06 bits per heavy atom. The van der Waals surface area contributed by atoms with E-state index >= 15 is 0 Å². The van der Waals surface area contributed by atoms with Gasteiger partial charge in [-0.3, -0.25) is 9.69 Å². The first kappa shape index (κ1) is 20.8. The summed E-state index contributed by atoms with van der Waals surface area (Å²) in [6.07, 6.45) is 8.25. The molecular weight excluding hydrogens is 411 g/mol. The van der Waals surface area contributed by atoms with Crippen molar-refractivity contribution in [3.8, 4) is 11.4 Å². The number of aromatic nitrogens is 4. The van der Waals surface area contributed by atoms with Crippen molar-refractivity contribution in [2.24, 2.45) is 0 Å². The second-order valence-electron chi connectivity index (χ2n) is 8.69. The van der Waals surface area contributed by atoms with E-state index in [1.165, 1.54) is 25.0 Å². The van der Waals surface area contributed by atoms with Crippen LogP contribution >= 0.6 is 0 Å². The third kappa shape index (κ3) is 4.57. The summed E-state index contributed by atoms with van der Waals surface area (Å²) in [5, 5.41) is 11.5. The van der Waals surface area contributed by atoms with Gasteiger partial charge in [0.1, 0.15) is 11.6 Å². The minimum absolute atomic E-state index is 0.0450. The topological polar surface area (TPSA) is 89.1 Å². The normalized spacial score (nSPS) is 20.0. The number of rotatable bonds is 6. The van der Waals surface area contributed by atoms with Crippen molar-refractivity contribution in [2.45, 2.75) is 50.5 Å². The van der Waals surface area contributed by atoms with Gasteiger partial charge in [0.15, 0.2) is 0 Å². The number of hydrogen-bond acceptors (Lipinski definition) is 6. The zero-order valence-corrected chi connectivity index (χ0v) is 17.9. The fourth-order valence-corrected chi connectivity index (χ4v) is 4.79. The molecule has 1 saturated heterocycles. The van der Waals surface area contributed by atoms with E-state index in [1.54, 1.807) is 18.3 Å². The Morgan fingerprint density at radius 3 is 2.91 bits per heavy atom. The van der Waals surface area contributed by atoms with Crippen molar-refractivity contribution in [1.29, 1.82) is 0 Å². The lowest BCUT2D eigenvalue weighted by Crippen LogP contribution is -2.40. The Morgan fingerprint density at radius 1 is 1.19 bits per heavy atom. The predicted octanol–water partition coefficient (Wildman–Crippen LogP) is 4.01. The van der Waals surface area contributed by atoms with E-state index in [2.05, 4.69) is 25.5 Å². The molecule has 0 spiro atoms. The summed E-state index contributed by atoms with van der Waals surface area (Å²) >= 11 is 0. The van der Waals surface area contributed by atoms with Gasteiger partial charge in [0.2, 0.25) is 17.6 Å². The third-order valence-corrected chi connectivity index (χ3v) is 6.35. The van der Waals surface area contributed by atoms with Gasteiger partial charge in [-0.15, -0.1) is 0 Å². The van der Waals surface area contributed by atoms with Gasteiger partial charge in [0.05, 0.1) is 24.7 Å². The highest BCUT2D eigenvalue weighted by Crippen LogP contribution is 2.31. The summed E-state index contributed by atoms with van der Waals surface area (Å²) in [6.45, 7) is 1.81. The van der Waals surface area contributed by atoms with Gasteiger partial charge in [-0.1, -0.05) is 30.1 Å². The SMILES string of the molecule is O=C(CN1CCCC(c2nc(-c3cccc(F)c3)no2)C1)Nc1ccnn1C1CCCC1. The molecule has 1 saturated carbocycles. The molecule has 168 valence electrons. The minimum Gasteiger partial charge on any atom is -0.339 e. The number of piperidine rings is 1. The molecule has 3 heterocycles. The van der Waals surface area contributed by atoms with E-state index in [9.17, 15) is 9.18 Å². The van der Waals surface area contributed by atoms with Crippen LogP contribution in [0.15, 0.2) is 41.1 Å². The number of likely N-dealkylation sites (tertiary alicyclic amines) is 1. The third-order valence-electron chi connectivity index (χ3n) is 6.35. The van der Waals surface area contributed by atoms with Crippen molar-refractivity contribution in [2.75, 3.05) is 25.0 Å². The zero-order chi connectivity index (χ0) is 21.9. The first-order valence-electron chi connectivity index (χ1n) is 11.3. The van der Waals surface area contributed by atoms with Gasteiger partial charge in [-0.2, -0.15) is 10.1 Å². The smallest absolute Gasteiger partial charge is 0.239 e. The van der Waals surface area contributed by atoms with Crippen LogP contribution in [0.4, 0.5) is 10.2 Å². The van der Waals surface area contributed by atoms with E-state index in [-0.39, 0.29) is 17.6 Å². The van der Waals surface area contributed by atoms with Crippen LogP contribution in [0, 0.1) is 5.82 Å². The number of nitrogens with one attached hydrogen (secondary N) is 1. The molecule has 1 atom stereocenters. The van der Waals surface area contributed by atoms with Crippen LogP contribution in [0.2, 0.25) is 0 Å². The zero-order valence-electron chi connectivity index (χ0n) is 17.9. The number of carbonyl (C=O) groups is 1. The number of benzene rings is 1. The summed E-state index contributed by atoms with van der Waals surface area (Å²) in [5.74, 6) is 1.36. The molecule has 1 aliphatic heterocycles. The van der Waals surface area contributed by atoms with E-state index in [1.807, 2.05) is 10.7 Å². The molecule has 2 aromatic heterocycles. The molecule has 0 bridgehead atoms. The average molecular weight is 439 g/mol. The monoisotopic (exact) mass is 438 g/mol. The van der Waals surface area contributed by atoms with Gasteiger partial charge in [-0.05, 0) is 44.4 Å². The number of anilines is 1. The standard InChI is InChI=1S/C23H27FN6O2/c24-18-7-3-5-16(13-18)22-27-23(32-28-22)17-6-4-12-29(14-17)15-21(31)26-20-10-11-25-30(20)19-8-1-2-9-19/h3,5,7,10-11,13,17,19H,1-2,4,6,8-9,12,14-15H2,(H,26,31). The highest BCUT2D eigenvalue weighted by Gasteiger charge is 2.28. The van der Waals surface area contributed by atoms with Crippen LogP contribution in [0.25, 0.3) is 11.4 Å². The Balaban J connectivity index is 1.20. The van der Waals surface area contributed by atoms with Gasteiger partial charge < -0.3 is 9.84 Å².